The van der Waals surface area contributed by atoms with E-state index in [0.717, 1.165) is 27.4 Å². The van der Waals surface area contributed by atoms with Gasteiger partial charge in [-0.25, -0.2) is 8.42 Å². The van der Waals surface area contributed by atoms with Crippen LogP contribution in [0.2, 0.25) is 0 Å². The molecule has 1 saturated heterocycles. The number of aryl methyl sites for hydroxylation is 2. The molecule has 0 saturated carbocycles. The van der Waals surface area contributed by atoms with Gasteiger partial charge in [-0.15, -0.1) is 0 Å². The number of nitrogens with one attached hydrogen (secondary N) is 2. The molecule has 3 N–H and O–H groups in total. The summed E-state index contributed by atoms with van der Waals surface area (Å²) in [7, 11) is -2.21. The molecule has 0 aromatic heterocycles. The monoisotopic (exact) mass is 827 g/mol. The third kappa shape index (κ3) is 9.98. The van der Waals surface area contributed by atoms with Crippen LogP contribution in [0.4, 0.5) is 18.9 Å². The minimum absolute atomic E-state index is 0.0166. The molecule has 3 aromatic rings. The molecule has 9 nitrogen and oxygen atoms in total. The standard InChI is InChI=1S/C36H39F3IN2O7S/c1-48-27-14-21(15-28(19-27)50(2,46)47)16-31(41)34(29-12-10-25(30-20-40-30)18-32(29)49-13-3-4-33(43)44)35(45)23-6-5-22-9-11-26(42-36(37,38)39)17-24(22)8-7-23/h9-12,14-15,17-19,23,30,34,41-42H,3-8,13,16,20H2,1-2H3,(H,43,44)/q-1. The van der Waals surface area contributed by atoms with Crippen LogP contribution in [-0.2, 0) is 38.7 Å². The van der Waals surface area contributed by atoms with Crippen LogP contribution in [0.15, 0.2) is 59.5 Å². The van der Waals surface area contributed by atoms with Crippen LogP contribution in [0.3, 0.4) is 0 Å². The minimum Gasteiger partial charge on any atom is -0.224 e. The van der Waals surface area contributed by atoms with E-state index in [1.165, 1.54) is 31.4 Å². The van der Waals surface area contributed by atoms with Gasteiger partial charge in [0.15, 0.2) is 0 Å². The van der Waals surface area contributed by atoms with E-state index >= 15 is 0 Å². The zero-order valence-corrected chi connectivity index (χ0v) is 30.6. The number of fused-ring (bicyclic) bond motifs is 1. The molecule has 3 aromatic carbocycles. The van der Waals surface area contributed by atoms with Gasteiger partial charge in [0.25, 0.3) is 0 Å². The van der Waals surface area contributed by atoms with Crippen molar-refractivity contribution in [3.63, 3.8) is 0 Å². The number of anilines is 1. The van der Waals surface area contributed by atoms with Gasteiger partial charge in [-0.05, 0) is 6.07 Å². The number of carbonyl (C=O) groups is 2. The molecule has 2 aliphatic rings. The first kappa shape index (κ1) is 37.6. The Balaban J connectivity index is 1.49. The van der Waals surface area contributed by atoms with Crippen molar-refractivity contribution in [2.75, 3.05) is 29.7 Å². The van der Waals surface area contributed by atoms with E-state index in [1.54, 1.807) is 17.4 Å². The van der Waals surface area contributed by atoms with Crippen molar-refractivity contribution in [3.05, 3.63) is 82.4 Å². The summed E-state index contributed by atoms with van der Waals surface area (Å²) in [4.78, 5) is 25.9. The van der Waals surface area contributed by atoms with Gasteiger partial charge >= 0.3 is 249 Å². The molecule has 3 atom stereocenters. The Hall–Kier alpha value is -3.66. The van der Waals surface area contributed by atoms with Crippen LogP contribution in [0, 0.1) is 11.3 Å². The maximum atomic E-state index is 14.7. The molecule has 1 heterocycles. The number of carboxylic acids is 1. The summed E-state index contributed by atoms with van der Waals surface area (Å²) in [5.41, 5.74) is 3.55. The number of methoxy groups -OCH3 is 1. The predicted octanol–water partition coefficient (Wildman–Crippen LogP) is 3.53. The molecule has 14 heteroatoms. The molecule has 0 amide bonds. The van der Waals surface area contributed by atoms with Crippen molar-refractivity contribution in [2.24, 2.45) is 5.92 Å². The Bertz CT molecular complexity index is 1880. The number of hydrogen-bond donors (Lipinski definition) is 3. The van der Waals surface area contributed by atoms with Gasteiger partial charge in [-0.2, -0.15) is 13.2 Å². The van der Waals surface area contributed by atoms with E-state index in [0.29, 0.717) is 52.2 Å². The van der Waals surface area contributed by atoms with Gasteiger partial charge in [0.1, 0.15) is 0 Å². The number of ether oxygens (including phenoxy) is 2. The molecule has 0 spiro atoms. The van der Waals surface area contributed by atoms with E-state index in [9.17, 15) is 36.6 Å². The number of sulfone groups is 1. The third-order valence-electron chi connectivity index (χ3n) is 8.86. The number of Topliss-reactive ketones (excluding diaryl/α,β-unsaturated/α-hetero) is 1. The molecular weight excluding hydrogens is 788 g/mol. The predicted molar refractivity (Wildman–Crippen MR) is 178 cm³/mol. The van der Waals surface area contributed by atoms with Crippen molar-refractivity contribution >= 4 is 33.0 Å². The van der Waals surface area contributed by atoms with Crippen molar-refractivity contribution < 1.29 is 67.0 Å². The van der Waals surface area contributed by atoms with Crippen molar-refractivity contribution in [3.8, 4) is 11.5 Å². The number of rotatable bonds is 15. The fourth-order valence-corrected chi connectivity index (χ4v) is 8.66. The Labute approximate surface area is 299 Å². The number of alkyl halides is 5. The van der Waals surface area contributed by atoms with Crippen LogP contribution in [0.25, 0.3) is 0 Å². The van der Waals surface area contributed by atoms with Crippen LogP contribution < -0.4 is 36.0 Å². The molecule has 5 rings (SSSR count). The number of halogens is 4. The Morgan fingerprint density at radius 2 is 1.78 bits per heavy atom. The van der Waals surface area contributed by atoms with Crippen molar-refractivity contribution in [1.82, 2.24) is 0 Å². The SMILES string of the molecule is COc1cc(CC(=N)C(C(=O)C2CCc3ccc(NC(F)(F)F)cc3CC2)c2ccc(C3C[I-]3)cc2OCCCC(=O)O)cc(S(C)(=O)=O)c1. The molecular formula is C36H39F3IN2O7S-. The quantitative estimate of drug-likeness (QED) is 0.0528. The summed E-state index contributed by atoms with van der Waals surface area (Å²) < 4.78 is 77.0. The number of carbonyl (C=O) groups excluding carboxylic acids is 1. The number of hydrogen-bond acceptors (Lipinski definition) is 8. The number of benzene rings is 3. The molecule has 0 bridgehead atoms. The van der Waals surface area contributed by atoms with Crippen molar-refractivity contribution in [2.45, 2.75) is 66.0 Å². The van der Waals surface area contributed by atoms with E-state index < -0.39 is 33.9 Å². The second kappa shape index (κ2) is 15.7. The fourth-order valence-electron chi connectivity index (χ4n) is 6.30. The second-order valence-electron chi connectivity index (χ2n) is 12.6. The van der Waals surface area contributed by atoms with Crippen LogP contribution in [0.1, 0.15) is 63.3 Å². The Kier molecular flexibility index (Phi) is 11.8. The first-order valence-electron chi connectivity index (χ1n) is 16.1. The fraction of sp³-hybridized carbons (Fsp3) is 0.417. The first-order chi connectivity index (χ1) is 23.6. The molecule has 50 heavy (non-hydrogen) atoms. The third-order valence-corrected chi connectivity index (χ3v) is 12.4. The van der Waals surface area contributed by atoms with E-state index in [2.05, 4.69) is 0 Å². The Morgan fingerprint density at radius 1 is 1.06 bits per heavy atom. The van der Waals surface area contributed by atoms with Gasteiger partial charge < -0.3 is 0 Å². The number of carboxylic acid groups (broad SMARTS) is 1. The van der Waals surface area contributed by atoms with E-state index in [-0.39, 0.29) is 69.2 Å². The summed E-state index contributed by atoms with van der Waals surface area (Å²) >= 11 is 0.0356. The zero-order valence-electron chi connectivity index (χ0n) is 27.6. The molecule has 270 valence electrons. The second-order valence-corrected chi connectivity index (χ2v) is 17.9. The van der Waals surface area contributed by atoms with Crippen LogP contribution in [0.5, 0.6) is 11.5 Å². The molecule has 1 aliphatic carbocycles. The zero-order chi connectivity index (χ0) is 36.2. The average Bonchev–Trinajstić information content (AvgIpc) is 3.90. The molecule has 1 aliphatic heterocycles. The Morgan fingerprint density at radius 3 is 2.42 bits per heavy atom. The molecule has 0 radical (unpaired) electrons. The summed E-state index contributed by atoms with van der Waals surface area (Å²) in [6.45, 7) is 0.0946. The van der Waals surface area contributed by atoms with Gasteiger partial charge in [0, 0.05) is 11.9 Å². The maximum absolute atomic E-state index is 14.7. The normalized spacial score (nSPS) is 18.1. The van der Waals surface area contributed by atoms with Gasteiger partial charge in [-0.3, -0.25) is 5.32 Å². The number of aliphatic carboxylic acids is 1. The van der Waals surface area contributed by atoms with Crippen molar-refractivity contribution in [1.29, 1.82) is 5.41 Å². The summed E-state index contributed by atoms with van der Waals surface area (Å²) in [6.07, 6.45) is -1.79. The van der Waals surface area contributed by atoms with E-state index in [4.69, 9.17) is 14.6 Å². The van der Waals surface area contributed by atoms with E-state index in [1.807, 2.05) is 18.2 Å². The smallest absolute Gasteiger partial charge is 0.224 e. The molecule has 1 fully saturated rings. The van der Waals surface area contributed by atoms with Gasteiger partial charge in [0.2, 0.25) is 0 Å². The van der Waals surface area contributed by atoms with Crippen LogP contribution in [-0.4, -0.2) is 61.7 Å². The summed E-state index contributed by atoms with van der Waals surface area (Å²) in [6, 6.07) is 14.7. The van der Waals surface area contributed by atoms with Crippen LogP contribution >= 0.6 is 0 Å². The number of ketones is 1. The summed E-state index contributed by atoms with van der Waals surface area (Å²) in [5, 5.41) is 20.1. The average molecular weight is 828 g/mol. The topological polar surface area (TPSA) is 143 Å². The minimum atomic E-state index is -4.58. The summed E-state index contributed by atoms with van der Waals surface area (Å²) in [5.74, 6) is -2.09. The first-order valence-corrected chi connectivity index (χ1v) is 20.8. The molecule has 3 unspecified atom stereocenters. The van der Waals surface area contributed by atoms with Gasteiger partial charge in [-0.1, -0.05) is 0 Å². The van der Waals surface area contributed by atoms with Gasteiger partial charge in [0.05, 0.1) is 7.11 Å².